The van der Waals surface area contributed by atoms with Gasteiger partial charge in [0.2, 0.25) is 0 Å². The first-order chi connectivity index (χ1) is 12.2. The van der Waals surface area contributed by atoms with Crippen molar-refractivity contribution in [2.75, 3.05) is 53.5 Å². The molecule has 0 saturated heterocycles. The molecule has 7 heteroatoms. The number of nitrogens with zero attached hydrogens (tertiary/aromatic N) is 2. The molecule has 26 heavy (non-hydrogen) atoms. The van der Waals surface area contributed by atoms with Crippen molar-refractivity contribution in [2.24, 2.45) is 4.99 Å². The van der Waals surface area contributed by atoms with E-state index in [1.165, 1.54) is 6.42 Å². The molecule has 0 bridgehead atoms. The van der Waals surface area contributed by atoms with Crippen LogP contribution >= 0.6 is 24.0 Å². The fourth-order valence-corrected chi connectivity index (χ4v) is 2.44. The number of hydrogen-bond acceptors (Lipinski definition) is 4. The van der Waals surface area contributed by atoms with E-state index in [0.29, 0.717) is 13.2 Å². The number of aliphatic imine (C=N–C) groups is 1. The van der Waals surface area contributed by atoms with E-state index in [1.54, 1.807) is 14.2 Å². The Morgan fingerprint density at radius 2 is 1.62 bits per heavy atom. The minimum atomic E-state index is 0. The summed E-state index contributed by atoms with van der Waals surface area (Å²) in [5, 5.41) is 6.60. The fourth-order valence-electron chi connectivity index (χ4n) is 2.44. The Bertz CT molecular complexity index is 479. The van der Waals surface area contributed by atoms with Crippen LogP contribution < -0.4 is 20.1 Å². The zero-order valence-electron chi connectivity index (χ0n) is 16.6. The molecule has 0 saturated carbocycles. The average molecular weight is 478 g/mol. The Kier molecular flexibility index (Phi) is 15.2. The Morgan fingerprint density at radius 3 is 2.19 bits per heavy atom. The molecule has 1 aromatic rings. The lowest BCUT2D eigenvalue weighted by Crippen LogP contribution is -2.39. The minimum Gasteiger partial charge on any atom is -0.497 e. The Labute approximate surface area is 175 Å². The summed E-state index contributed by atoms with van der Waals surface area (Å²) in [6.45, 7) is 10.0. The van der Waals surface area contributed by atoms with Crippen LogP contribution in [0.15, 0.2) is 29.3 Å². The van der Waals surface area contributed by atoms with Gasteiger partial charge in [0.05, 0.1) is 13.7 Å². The first kappa shape index (κ1) is 24.8. The van der Waals surface area contributed by atoms with Gasteiger partial charge in [0.1, 0.15) is 18.1 Å². The van der Waals surface area contributed by atoms with Crippen molar-refractivity contribution in [3.8, 4) is 11.5 Å². The van der Waals surface area contributed by atoms with Crippen LogP contribution in [0.5, 0.6) is 11.5 Å². The first-order valence-corrected chi connectivity index (χ1v) is 9.17. The van der Waals surface area contributed by atoms with E-state index in [1.807, 2.05) is 24.3 Å². The minimum absolute atomic E-state index is 0. The highest BCUT2D eigenvalue weighted by Gasteiger charge is 2.00. The van der Waals surface area contributed by atoms with Gasteiger partial charge in [0.25, 0.3) is 0 Å². The van der Waals surface area contributed by atoms with E-state index in [2.05, 4.69) is 34.4 Å². The Balaban J connectivity index is 0.00000625. The summed E-state index contributed by atoms with van der Waals surface area (Å²) >= 11 is 0. The third kappa shape index (κ3) is 10.7. The molecule has 0 unspecified atom stereocenters. The van der Waals surface area contributed by atoms with Gasteiger partial charge in [-0.15, -0.1) is 24.0 Å². The maximum atomic E-state index is 5.69. The molecule has 0 aliphatic rings. The quantitative estimate of drug-likeness (QED) is 0.210. The van der Waals surface area contributed by atoms with Crippen molar-refractivity contribution in [3.63, 3.8) is 0 Å². The van der Waals surface area contributed by atoms with Gasteiger partial charge in [-0.25, -0.2) is 0 Å². The fraction of sp³-hybridized carbons (Fsp3) is 0.632. The largest absolute Gasteiger partial charge is 0.497 e. The Morgan fingerprint density at radius 1 is 1.00 bits per heavy atom. The van der Waals surface area contributed by atoms with Gasteiger partial charge >= 0.3 is 0 Å². The molecule has 0 radical (unpaired) electrons. The number of guanidine groups is 1. The summed E-state index contributed by atoms with van der Waals surface area (Å²) in [7, 11) is 3.44. The molecule has 0 spiro atoms. The zero-order valence-corrected chi connectivity index (χ0v) is 18.9. The van der Waals surface area contributed by atoms with Crippen LogP contribution in [-0.4, -0.2) is 64.3 Å². The van der Waals surface area contributed by atoms with E-state index < -0.39 is 0 Å². The highest BCUT2D eigenvalue weighted by Crippen LogP contribution is 2.16. The third-order valence-electron chi connectivity index (χ3n) is 4.03. The van der Waals surface area contributed by atoms with Crippen LogP contribution in [0.1, 0.15) is 26.7 Å². The molecular weight excluding hydrogens is 443 g/mol. The molecule has 0 heterocycles. The number of hydrogen-bond donors (Lipinski definition) is 2. The van der Waals surface area contributed by atoms with Crippen LogP contribution in [0, 0.1) is 0 Å². The lowest BCUT2D eigenvalue weighted by Gasteiger charge is -2.18. The Hall–Kier alpha value is -1.22. The molecule has 1 aromatic carbocycles. The number of ether oxygens (including phenoxy) is 2. The third-order valence-corrected chi connectivity index (χ3v) is 4.03. The average Bonchev–Trinajstić information content (AvgIpc) is 2.66. The summed E-state index contributed by atoms with van der Waals surface area (Å²) in [6, 6.07) is 7.59. The van der Waals surface area contributed by atoms with E-state index in [-0.39, 0.29) is 24.0 Å². The zero-order chi connectivity index (χ0) is 18.3. The molecule has 2 N–H and O–H groups in total. The molecule has 150 valence electrons. The molecular formula is C19H35IN4O2. The maximum Gasteiger partial charge on any atom is 0.191 e. The molecule has 0 fully saturated rings. The number of unbranched alkanes of at least 4 members (excludes halogenated alkanes) is 1. The van der Waals surface area contributed by atoms with Crippen LogP contribution in [0.2, 0.25) is 0 Å². The molecule has 6 nitrogen and oxygen atoms in total. The van der Waals surface area contributed by atoms with Crippen molar-refractivity contribution in [1.82, 2.24) is 15.5 Å². The van der Waals surface area contributed by atoms with Crippen LogP contribution in [0.25, 0.3) is 0 Å². The highest BCUT2D eigenvalue weighted by molar-refractivity contribution is 14.0. The normalized spacial score (nSPS) is 11.0. The van der Waals surface area contributed by atoms with E-state index in [0.717, 1.165) is 50.1 Å². The van der Waals surface area contributed by atoms with E-state index in [9.17, 15) is 0 Å². The van der Waals surface area contributed by atoms with Gasteiger partial charge in [0, 0.05) is 13.6 Å². The van der Waals surface area contributed by atoms with Crippen LogP contribution in [0.3, 0.4) is 0 Å². The summed E-state index contributed by atoms with van der Waals surface area (Å²) in [6.07, 6.45) is 2.34. The van der Waals surface area contributed by atoms with Gasteiger partial charge in [-0.2, -0.15) is 0 Å². The smallest absolute Gasteiger partial charge is 0.191 e. The predicted octanol–water partition coefficient (Wildman–Crippen LogP) is 2.98. The number of halogens is 1. The van der Waals surface area contributed by atoms with Crippen molar-refractivity contribution >= 4 is 29.9 Å². The van der Waals surface area contributed by atoms with Crippen LogP contribution in [-0.2, 0) is 0 Å². The molecule has 0 amide bonds. The monoisotopic (exact) mass is 478 g/mol. The van der Waals surface area contributed by atoms with Crippen molar-refractivity contribution in [3.05, 3.63) is 24.3 Å². The summed E-state index contributed by atoms with van der Waals surface area (Å²) < 4.78 is 10.8. The second kappa shape index (κ2) is 16.0. The van der Waals surface area contributed by atoms with E-state index in [4.69, 9.17) is 9.47 Å². The molecule has 0 aliphatic carbocycles. The second-order valence-electron chi connectivity index (χ2n) is 5.68. The summed E-state index contributed by atoms with van der Waals surface area (Å²) in [4.78, 5) is 6.68. The highest BCUT2D eigenvalue weighted by atomic mass is 127. The van der Waals surface area contributed by atoms with Gasteiger partial charge < -0.3 is 25.0 Å². The molecule has 0 aromatic heterocycles. The predicted molar refractivity (Wildman–Crippen MR) is 120 cm³/mol. The summed E-state index contributed by atoms with van der Waals surface area (Å²) in [5.41, 5.74) is 0. The number of nitrogens with one attached hydrogen (secondary N) is 2. The summed E-state index contributed by atoms with van der Waals surface area (Å²) in [5.74, 6) is 2.49. The van der Waals surface area contributed by atoms with Gasteiger partial charge in [-0.1, -0.05) is 13.8 Å². The van der Waals surface area contributed by atoms with Gasteiger partial charge in [0.15, 0.2) is 5.96 Å². The standard InChI is InChI=1S/C19H34N4O2.HI/c1-5-23(6-2)15-8-7-13-21-19(20-3)22-14-16-25-18-11-9-17(24-4)10-12-18;/h9-12H,5-8,13-16H2,1-4H3,(H2,20,21,22);1H. The SMILES string of the molecule is CCN(CC)CCCCNC(=NC)NCCOc1ccc(OC)cc1.I. The first-order valence-electron chi connectivity index (χ1n) is 9.17. The molecule has 1 rings (SSSR count). The number of rotatable bonds is 12. The number of benzene rings is 1. The molecule has 0 aliphatic heterocycles. The topological polar surface area (TPSA) is 58.1 Å². The van der Waals surface area contributed by atoms with Crippen molar-refractivity contribution in [2.45, 2.75) is 26.7 Å². The van der Waals surface area contributed by atoms with Gasteiger partial charge in [-0.3, -0.25) is 4.99 Å². The maximum absolute atomic E-state index is 5.69. The van der Waals surface area contributed by atoms with Crippen molar-refractivity contribution in [1.29, 1.82) is 0 Å². The van der Waals surface area contributed by atoms with Crippen molar-refractivity contribution < 1.29 is 9.47 Å². The van der Waals surface area contributed by atoms with Crippen LogP contribution in [0.4, 0.5) is 0 Å². The molecule has 0 atom stereocenters. The van der Waals surface area contributed by atoms with Gasteiger partial charge in [-0.05, 0) is 56.7 Å². The second-order valence-corrected chi connectivity index (χ2v) is 5.68. The lowest BCUT2D eigenvalue weighted by atomic mass is 10.3. The lowest BCUT2D eigenvalue weighted by molar-refractivity contribution is 0.297. The van der Waals surface area contributed by atoms with E-state index >= 15 is 0 Å². The number of methoxy groups -OCH3 is 1.